The molecule has 0 aromatic carbocycles. The maximum absolute atomic E-state index is 12.1. The van der Waals surface area contributed by atoms with Gasteiger partial charge in [0.25, 0.3) is 0 Å². The molecule has 2 rings (SSSR count). The molecule has 0 bridgehead atoms. The molecule has 0 aliphatic heterocycles. The summed E-state index contributed by atoms with van der Waals surface area (Å²) in [5.74, 6) is 1.57. The van der Waals surface area contributed by atoms with E-state index in [1.165, 1.54) is 16.2 Å². The fraction of sp³-hybridized carbons (Fsp3) is 0.643. The summed E-state index contributed by atoms with van der Waals surface area (Å²) in [6.07, 6.45) is 5.22. The number of hydrogen-bond acceptors (Lipinski definition) is 2. The summed E-state index contributed by atoms with van der Waals surface area (Å²) in [6, 6.07) is 4.28. The largest absolute Gasteiger partial charge is 0.299 e. The summed E-state index contributed by atoms with van der Waals surface area (Å²) in [5.41, 5.74) is 0. The van der Waals surface area contributed by atoms with Crippen molar-refractivity contribution in [2.75, 3.05) is 0 Å². The predicted molar refractivity (Wildman–Crippen MR) is 68.9 cm³/mol. The molecule has 1 aromatic heterocycles. The quantitative estimate of drug-likeness (QED) is 0.776. The smallest absolute Gasteiger partial charge is 0.141 e. The molecule has 2 unspecified atom stereocenters. The van der Waals surface area contributed by atoms with E-state index in [-0.39, 0.29) is 0 Å². The summed E-state index contributed by atoms with van der Waals surface area (Å²) in [4.78, 5) is 14.7. The van der Waals surface area contributed by atoms with Gasteiger partial charge in [-0.2, -0.15) is 0 Å². The molecule has 1 aliphatic rings. The summed E-state index contributed by atoms with van der Waals surface area (Å²) in [6.45, 7) is 4.42. The minimum Gasteiger partial charge on any atom is -0.299 e. The lowest BCUT2D eigenvalue weighted by Gasteiger charge is -2.06. The Morgan fingerprint density at radius 2 is 2.12 bits per heavy atom. The topological polar surface area (TPSA) is 17.1 Å². The minimum absolute atomic E-state index is 0.349. The van der Waals surface area contributed by atoms with Crippen LogP contribution in [0.4, 0.5) is 0 Å². The van der Waals surface area contributed by atoms with Crippen LogP contribution in [0.3, 0.4) is 0 Å². The molecular weight excluding hydrogens is 216 g/mol. The second kappa shape index (κ2) is 5.13. The molecule has 1 aliphatic carbocycles. The van der Waals surface area contributed by atoms with Crippen molar-refractivity contribution in [1.29, 1.82) is 0 Å². The van der Waals surface area contributed by atoms with E-state index in [9.17, 15) is 4.79 Å². The van der Waals surface area contributed by atoms with Crippen LogP contribution >= 0.6 is 11.3 Å². The molecule has 1 heterocycles. The number of thiophene rings is 1. The molecule has 1 saturated carbocycles. The van der Waals surface area contributed by atoms with Crippen molar-refractivity contribution in [3.8, 4) is 0 Å². The SMILES string of the molecule is CCc1ccc(CC(=O)C2CCC(C)C2)s1. The Bertz CT molecular complexity index is 367. The van der Waals surface area contributed by atoms with Gasteiger partial charge in [-0.1, -0.05) is 13.8 Å². The van der Waals surface area contributed by atoms with E-state index in [1.807, 2.05) is 0 Å². The first kappa shape index (κ1) is 11.8. The van der Waals surface area contributed by atoms with Gasteiger partial charge >= 0.3 is 0 Å². The molecular formula is C14H20OS. The van der Waals surface area contributed by atoms with Crippen molar-refractivity contribution in [2.45, 2.75) is 46.0 Å². The van der Waals surface area contributed by atoms with E-state index in [2.05, 4.69) is 26.0 Å². The molecule has 0 amide bonds. The molecule has 16 heavy (non-hydrogen) atoms. The lowest BCUT2D eigenvalue weighted by Crippen LogP contribution is -2.13. The first-order chi connectivity index (χ1) is 7.69. The standard InChI is InChI=1S/C14H20OS/c1-3-12-6-7-13(16-12)9-14(15)11-5-4-10(2)8-11/h6-7,10-11H,3-5,8-9H2,1-2H3. The zero-order chi connectivity index (χ0) is 11.5. The first-order valence-corrected chi connectivity index (χ1v) is 7.11. The van der Waals surface area contributed by atoms with Crippen molar-refractivity contribution in [1.82, 2.24) is 0 Å². The second-order valence-electron chi connectivity index (χ2n) is 4.98. The fourth-order valence-corrected chi connectivity index (χ4v) is 3.49. The molecule has 2 atom stereocenters. The monoisotopic (exact) mass is 236 g/mol. The summed E-state index contributed by atoms with van der Waals surface area (Å²) >= 11 is 1.80. The lowest BCUT2D eigenvalue weighted by molar-refractivity contribution is -0.122. The number of ketones is 1. The summed E-state index contributed by atoms with van der Waals surface area (Å²) < 4.78 is 0. The van der Waals surface area contributed by atoms with Crippen LogP contribution in [0.1, 0.15) is 42.9 Å². The fourth-order valence-electron chi connectivity index (χ4n) is 2.52. The molecule has 2 heteroatoms. The number of carbonyl (C=O) groups excluding carboxylic acids is 1. The van der Waals surface area contributed by atoms with Crippen molar-refractivity contribution in [3.63, 3.8) is 0 Å². The Kier molecular flexibility index (Phi) is 3.80. The highest BCUT2D eigenvalue weighted by Gasteiger charge is 2.27. The van der Waals surface area contributed by atoms with Gasteiger partial charge in [-0.15, -0.1) is 11.3 Å². The van der Waals surface area contributed by atoms with Crippen LogP contribution in [0.25, 0.3) is 0 Å². The Labute approximate surface area is 102 Å². The van der Waals surface area contributed by atoms with Crippen molar-refractivity contribution >= 4 is 17.1 Å². The molecule has 1 nitrogen and oxygen atoms in total. The van der Waals surface area contributed by atoms with Gasteiger partial charge in [0, 0.05) is 22.1 Å². The molecule has 0 radical (unpaired) electrons. The average molecular weight is 236 g/mol. The summed E-state index contributed by atoms with van der Waals surface area (Å²) in [7, 11) is 0. The van der Waals surface area contributed by atoms with E-state index in [0.717, 1.165) is 25.2 Å². The molecule has 0 saturated heterocycles. The zero-order valence-corrected chi connectivity index (χ0v) is 11.0. The van der Waals surface area contributed by atoms with E-state index < -0.39 is 0 Å². The number of aryl methyl sites for hydroxylation is 1. The van der Waals surface area contributed by atoms with E-state index >= 15 is 0 Å². The van der Waals surface area contributed by atoms with Crippen LogP contribution in [-0.4, -0.2) is 5.78 Å². The van der Waals surface area contributed by atoms with Gasteiger partial charge in [0.1, 0.15) is 5.78 Å². The van der Waals surface area contributed by atoms with E-state index in [1.54, 1.807) is 11.3 Å². The van der Waals surface area contributed by atoms with Crippen LogP contribution < -0.4 is 0 Å². The van der Waals surface area contributed by atoms with Gasteiger partial charge in [0.15, 0.2) is 0 Å². The van der Waals surface area contributed by atoms with E-state index in [0.29, 0.717) is 18.1 Å². The third kappa shape index (κ3) is 2.73. The van der Waals surface area contributed by atoms with Crippen molar-refractivity contribution < 1.29 is 4.79 Å². The Balaban J connectivity index is 1.91. The van der Waals surface area contributed by atoms with Gasteiger partial charge in [0.2, 0.25) is 0 Å². The molecule has 1 aromatic rings. The van der Waals surface area contributed by atoms with Crippen LogP contribution in [0, 0.1) is 11.8 Å². The van der Waals surface area contributed by atoms with Crippen LogP contribution in [-0.2, 0) is 17.6 Å². The van der Waals surface area contributed by atoms with Crippen LogP contribution in [0.2, 0.25) is 0 Å². The maximum Gasteiger partial charge on any atom is 0.141 e. The predicted octanol–water partition coefficient (Wildman–Crippen LogP) is 3.86. The number of carbonyl (C=O) groups is 1. The molecule has 0 spiro atoms. The third-order valence-electron chi connectivity index (χ3n) is 3.56. The Hall–Kier alpha value is -0.630. The van der Waals surface area contributed by atoms with Crippen LogP contribution in [0.15, 0.2) is 12.1 Å². The number of rotatable bonds is 4. The van der Waals surface area contributed by atoms with Crippen molar-refractivity contribution in [3.05, 3.63) is 21.9 Å². The normalized spacial score (nSPS) is 24.9. The van der Waals surface area contributed by atoms with Gasteiger partial charge in [0.05, 0.1) is 0 Å². The average Bonchev–Trinajstić information content (AvgIpc) is 2.87. The van der Waals surface area contributed by atoms with Gasteiger partial charge in [-0.3, -0.25) is 4.79 Å². The maximum atomic E-state index is 12.1. The lowest BCUT2D eigenvalue weighted by atomic mass is 9.98. The van der Waals surface area contributed by atoms with Crippen molar-refractivity contribution in [2.24, 2.45) is 11.8 Å². The second-order valence-corrected chi connectivity index (χ2v) is 6.23. The van der Waals surface area contributed by atoms with Gasteiger partial charge < -0.3 is 0 Å². The highest BCUT2D eigenvalue weighted by molar-refractivity contribution is 7.12. The molecule has 88 valence electrons. The molecule has 0 N–H and O–H groups in total. The van der Waals surface area contributed by atoms with Gasteiger partial charge in [-0.05, 0) is 43.7 Å². The molecule has 1 fully saturated rings. The van der Waals surface area contributed by atoms with Crippen LogP contribution in [0.5, 0.6) is 0 Å². The Morgan fingerprint density at radius 1 is 1.38 bits per heavy atom. The van der Waals surface area contributed by atoms with Gasteiger partial charge in [-0.25, -0.2) is 0 Å². The first-order valence-electron chi connectivity index (χ1n) is 6.29. The zero-order valence-electron chi connectivity index (χ0n) is 10.2. The van der Waals surface area contributed by atoms with E-state index in [4.69, 9.17) is 0 Å². The number of hydrogen-bond donors (Lipinski definition) is 0. The third-order valence-corrected chi connectivity index (χ3v) is 4.79. The highest BCUT2D eigenvalue weighted by Crippen LogP contribution is 2.32. The highest BCUT2D eigenvalue weighted by atomic mass is 32.1. The Morgan fingerprint density at radius 3 is 2.69 bits per heavy atom. The summed E-state index contributed by atoms with van der Waals surface area (Å²) in [5, 5.41) is 0. The number of Topliss-reactive ketones (excluding diaryl/α,β-unsaturated/α-hetero) is 1. The minimum atomic E-state index is 0.349.